The van der Waals surface area contributed by atoms with Gasteiger partial charge in [0.15, 0.2) is 0 Å². The van der Waals surface area contributed by atoms with Crippen molar-refractivity contribution in [2.24, 2.45) is 5.41 Å². The number of anilines is 1. The van der Waals surface area contributed by atoms with Gasteiger partial charge in [-0.15, -0.1) is 0 Å². The van der Waals surface area contributed by atoms with Gasteiger partial charge < -0.3 is 10.6 Å². The van der Waals surface area contributed by atoms with Gasteiger partial charge in [0, 0.05) is 12.2 Å². The molecule has 1 aliphatic carbocycles. The molecule has 2 aromatic rings. The van der Waals surface area contributed by atoms with Crippen molar-refractivity contribution in [1.29, 1.82) is 0 Å². The summed E-state index contributed by atoms with van der Waals surface area (Å²) in [6.45, 7) is 4.62. The number of hydrogen-bond donors (Lipinski definition) is 2. The maximum atomic E-state index is 12.8. The standard InChI is InChI=1S/C21H24N2O2/c1-15(2)17-10-6-7-11-18(17)23-20(25)21(12-13-21)19(24)22-14-16-8-4-3-5-9-16/h3-11,15H,12-14H2,1-2H3,(H,22,24)(H,23,25). The molecule has 0 aliphatic heterocycles. The molecule has 1 saturated carbocycles. The summed E-state index contributed by atoms with van der Waals surface area (Å²) in [6, 6.07) is 17.5. The zero-order chi connectivity index (χ0) is 17.9. The maximum absolute atomic E-state index is 12.8. The van der Waals surface area contributed by atoms with E-state index in [-0.39, 0.29) is 11.8 Å². The smallest absolute Gasteiger partial charge is 0.240 e. The Balaban J connectivity index is 1.66. The van der Waals surface area contributed by atoms with E-state index in [1.54, 1.807) is 0 Å². The third kappa shape index (κ3) is 3.73. The zero-order valence-corrected chi connectivity index (χ0v) is 14.7. The number of carbonyl (C=O) groups is 2. The van der Waals surface area contributed by atoms with Gasteiger partial charge in [0.25, 0.3) is 0 Å². The highest BCUT2D eigenvalue weighted by Crippen LogP contribution is 2.47. The van der Waals surface area contributed by atoms with Crippen molar-refractivity contribution in [3.8, 4) is 0 Å². The third-order valence-corrected chi connectivity index (χ3v) is 4.75. The number of nitrogens with one attached hydrogen (secondary N) is 2. The lowest BCUT2D eigenvalue weighted by Gasteiger charge is -2.18. The first-order valence-electron chi connectivity index (χ1n) is 8.75. The van der Waals surface area contributed by atoms with Crippen molar-refractivity contribution in [3.05, 3.63) is 65.7 Å². The Labute approximate surface area is 148 Å². The molecule has 0 spiro atoms. The Morgan fingerprint density at radius 3 is 2.24 bits per heavy atom. The fraction of sp³-hybridized carbons (Fsp3) is 0.333. The molecule has 25 heavy (non-hydrogen) atoms. The van der Waals surface area contributed by atoms with E-state index in [2.05, 4.69) is 24.5 Å². The SMILES string of the molecule is CC(C)c1ccccc1NC(=O)C1(C(=O)NCc2ccccc2)CC1. The van der Waals surface area contributed by atoms with Gasteiger partial charge in [0.1, 0.15) is 5.41 Å². The van der Waals surface area contributed by atoms with Crippen molar-refractivity contribution in [1.82, 2.24) is 5.32 Å². The molecule has 0 bridgehead atoms. The summed E-state index contributed by atoms with van der Waals surface area (Å²) in [6.07, 6.45) is 1.20. The van der Waals surface area contributed by atoms with Gasteiger partial charge in [-0.1, -0.05) is 62.4 Å². The Morgan fingerprint density at radius 2 is 1.60 bits per heavy atom. The summed E-state index contributed by atoms with van der Waals surface area (Å²) >= 11 is 0. The zero-order valence-electron chi connectivity index (χ0n) is 14.7. The van der Waals surface area contributed by atoms with Crippen LogP contribution in [0.4, 0.5) is 5.69 Å². The number of amides is 2. The van der Waals surface area contributed by atoms with Crippen molar-refractivity contribution in [2.75, 3.05) is 5.32 Å². The molecule has 4 heteroatoms. The fourth-order valence-corrected chi connectivity index (χ4v) is 2.99. The lowest BCUT2D eigenvalue weighted by Crippen LogP contribution is -2.39. The van der Waals surface area contributed by atoms with Crippen LogP contribution in [-0.4, -0.2) is 11.8 Å². The van der Waals surface area contributed by atoms with Crippen LogP contribution in [-0.2, 0) is 16.1 Å². The number of hydrogen-bond acceptors (Lipinski definition) is 2. The van der Waals surface area contributed by atoms with Gasteiger partial charge in [-0.2, -0.15) is 0 Å². The first-order chi connectivity index (χ1) is 12.0. The summed E-state index contributed by atoms with van der Waals surface area (Å²) in [7, 11) is 0. The highest BCUT2D eigenvalue weighted by molar-refractivity contribution is 6.13. The van der Waals surface area contributed by atoms with Crippen LogP contribution in [0.1, 0.15) is 43.7 Å². The number of rotatable bonds is 6. The lowest BCUT2D eigenvalue weighted by molar-refractivity contribution is -0.134. The minimum absolute atomic E-state index is 0.184. The van der Waals surface area contributed by atoms with E-state index in [9.17, 15) is 9.59 Å². The van der Waals surface area contributed by atoms with Gasteiger partial charge in [0.2, 0.25) is 11.8 Å². The average molecular weight is 336 g/mol. The average Bonchev–Trinajstić information content (AvgIpc) is 3.43. The van der Waals surface area contributed by atoms with Crippen LogP contribution >= 0.6 is 0 Å². The van der Waals surface area contributed by atoms with Crippen LogP contribution in [0.2, 0.25) is 0 Å². The molecule has 0 unspecified atom stereocenters. The van der Waals surface area contributed by atoms with E-state index in [1.165, 1.54) is 0 Å². The first kappa shape index (κ1) is 17.2. The lowest BCUT2D eigenvalue weighted by atomic mass is 9.99. The Hall–Kier alpha value is -2.62. The maximum Gasteiger partial charge on any atom is 0.240 e. The van der Waals surface area contributed by atoms with Crippen molar-refractivity contribution in [2.45, 2.75) is 39.2 Å². The summed E-state index contributed by atoms with van der Waals surface area (Å²) in [5.74, 6) is -0.0828. The van der Waals surface area contributed by atoms with E-state index in [1.807, 2.05) is 54.6 Å². The number of benzene rings is 2. The van der Waals surface area contributed by atoms with Crippen LogP contribution in [0.3, 0.4) is 0 Å². The van der Waals surface area contributed by atoms with E-state index < -0.39 is 5.41 Å². The molecule has 0 atom stereocenters. The molecule has 0 radical (unpaired) electrons. The summed E-state index contributed by atoms with van der Waals surface area (Å²) in [4.78, 5) is 25.3. The highest BCUT2D eigenvalue weighted by atomic mass is 16.2. The molecule has 0 aromatic heterocycles. The molecular weight excluding hydrogens is 312 g/mol. The molecule has 4 nitrogen and oxygen atoms in total. The Bertz CT molecular complexity index is 764. The second-order valence-corrected chi connectivity index (χ2v) is 6.95. The molecule has 2 aromatic carbocycles. The minimum atomic E-state index is -0.918. The van der Waals surface area contributed by atoms with E-state index in [0.29, 0.717) is 25.3 Å². The molecule has 130 valence electrons. The van der Waals surface area contributed by atoms with Crippen LogP contribution in [0.5, 0.6) is 0 Å². The monoisotopic (exact) mass is 336 g/mol. The molecular formula is C21H24N2O2. The molecule has 0 heterocycles. The van der Waals surface area contributed by atoms with E-state index in [0.717, 1.165) is 16.8 Å². The van der Waals surface area contributed by atoms with Gasteiger partial charge >= 0.3 is 0 Å². The number of para-hydroxylation sites is 1. The first-order valence-corrected chi connectivity index (χ1v) is 8.75. The predicted octanol–water partition coefficient (Wildman–Crippen LogP) is 3.85. The molecule has 0 saturated heterocycles. The molecule has 3 rings (SSSR count). The van der Waals surface area contributed by atoms with Crippen molar-refractivity contribution >= 4 is 17.5 Å². The molecule has 2 amide bonds. The second kappa shape index (κ2) is 7.09. The van der Waals surface area contributed by atoms with E-state index >= 15 is 0 Å². The van der Waals surface area contributed by atoms with Gasteiger partial charge in [-0.3, -0.25) is 9.59 Å². The normalized spacial score (nSPS) is 14.8. The van der Waals surface area contributed by atoms with E-state index in [4.69, 9.17) is 0 Å². The largest absolute Gasteiger partial charge is 0.351 e. The van der Waals surface area contributed by atoms with Crippen molar-refractivity contribution in [3.63, 3.8) is 0 Å². The van der Waals surface area contributed by atoms with Crippen LogP contribution in [0.25, 0.3) is 0 Å². The van der Waals surface area contributed by atoms with Crippen LogP contribution in [0, 0.1) is 5.41 Å². The summed E-state index contributed by atoms with van der Waals surface area (Å²) in [5.41, 5.74) is 1.98. The molecule has 1 aliphatic rings. The summed E-state index contributed by atoms with van der Waals surface area (Å²) < 4.78 is 0. The second-order valence-electron chi connectivity index (χ2n) is 6.95. The predicted molar refractivity (Wildman–Crippen MR) is 99.1 cm³/mol. The Morgan fingerprint density at radius 1 is 0.960 bits per heavy atom. The van der Waals surface area contributed by atoms with Gasteiger partial charge in [-0.25, -0.2) is 0 Å². The van der Waals surface area contributed by atoms with Gasteiger partial charge in [0.05, 0.1) is 0 Å². The van der Waals surface area contributed by atoms with Crippen molar-refractivity contribution < 1.29 is 9.59 Å². The third-order valence-electron chi connectivity index (χ3n) is 4.75. The fourth-order valence-electron chi connectivity index (χ4n) is 2.99. The quantitative estimate of drug-likeness (QED) is 0.787. The number of carbonyl (C=O) groups excluding carboxylic acids is 2. The highest BCUT2D eigenvalue weighted by Gasteiger charge is 2.56. The summed E-state index contributed by atoms with van der Waals surface area (Å²) in [5, 5.41) is 5.88. The molecule has 2 N–H and O–H groups in total. The van der Waals surface area contributed by atoms with Gasteiger partial charge in [-0.05, 0) is 36.0 Å². The molecule has 1 fully saturated rings. The van der Waals surface area contributed by atoms with Crippen LogP contribution in [0.15, 0.2) is 54.6 Å². The Kier molecular flexibility index (Phi) is 4.88. The topological polar surface area (TPSA) is 58.2 Å². The minimum Gasteiger partial charge on any atom is -0.351 e. The van der Waals surface area contributed by atoms with Crippen LogP contribution < -0.4 is 10.6 Å².